The maximum Gasteiger partial charge on any atom is 0.333 e. The molecule has 0 bridgehead atoms. The van der Waals surface area contributed by atoms with Gasteiger partial charge in [0.25, 0.3) is 0 Å². The molecular weight excluding hydrogens is 288 g/mol. The van der Waals surface area contributed by atoms with Crippen LogP contribution < -0.4 is 4.74 Å². The number of benzene rings is 1. The predicted octanol–water partition coefficient (Wildman–Crippen LogP) is 4.78. The predicted molar refractivity (Wildman–Crippen MR) is 95.6 cm³/mol. The molecule has 0 spiro atoms. The number of hydrogen-bond donors (Lipinski definition) is 0. The fraction of sp³-hybridized carbons (Fsp3) is 0.350. The van der Waals surface area contributed by atoms with Gasteiger partial charge in [-0.05, 0) is 63.4 Å². The first-order chi connectivity index (χ1) is 10.9. The minimum Gasteiger partial charge on any atom is -0.496 e. The first-order valence-electron chi connectivity index (χ1n) is 7.74. The quantitative estimate of drug-likeness (QED) is 0.430. The van der Waals surface area contributed by atoms with Crippen LogP contribution in [0.5, 0.6) is 5.75 Å². The summed E-state index contributed by atoms with van der Waals surface area (Å²) >= 11 is 0. The Morgan fingerprint density at radius 2 is 1.83 bits per heavy atom. The van der Waals surface area contributed by atoms with E-state index in [0.29, 0.717) is 12.2 Å². The van der Waals surface area contributed by atoms with Crippen LogP contribution >= 0.6 is 0 Å². The Hall–Kier alpha value is -2.29. The van der Waals surface area contributed by atoms with Crippen LogP contribution in [0.1, 0.15) is 37.5 Å². The summed E-state index contributed by atoms with van der Waals surface area (Å²) in [6, 6.07) is 4.15. The molecule has 0 aliphatic rings. The van der Waals surface area contributed by atoms with Gasteiger partial charge in [-0.3, -0.25) is 0 Å². The average molecular weight is 314 g/mol. The molecule has 0 aliphatic carbocycles. The van der Waals surface area contributed by atoms with Crippen molar-refractivity contribution in [3.05, 3.63) is 58.2 Å². The molecule has 1 aromatic rings. The second kappa shape index (κ2) is 8.99. The molecule has 0 saturated heterocycles. The van der Waals surface area contributed by atoms with Crippen molar-refractivity contribution in [1.29, 1.82) is 0 Å². The monoisotopic (exact) mass is 314 g/mol. The number of ether oxygens (including phenoxy) is 2. The highest BCUT2D eigenvalue weighted by atomic mass is 16.5. The lowest BCUT2D eigenvalue weighted by atomic mass is 10.0. The van der Waals surface area contributed by atoms with Gasteiger partial charge in [-0.2, -0.15) is 0 Å². The first-order valence-corrected chi connectivity index (χ1v) is 7.74. The fourth-order valence-corrected chi connectivity index (χ4v) is 2.06. The van der Waals surface area contributed by atoms with Gasteiger partial charge in [0.05, 0.1) is 13.7 Å². The van der Waals surface area contributed by atoms with E-state index in [1.807, 2.05) is 32.1 Å². The van der Waals surface area contributed by atoms with E-state index in [1.54, 1.807) is 27.0 Å². The molecule has 0 heterocycles. The van der Waals surface area contributed by atoms with Crippen LogP contribution in [0.2, 0.25) is 0 Å². The Bertz CT molecular complexity index is 649. The number of allylic oxidation sites excluding steroid dienone is 4. The van der Waals surface area contributed by atoms with E-state index in [9.17, 15) is 4.79 Å². The van der Waals surface area contributed by atoms with Gasteiger partial charge in [0, 0.05) is 5.57 Å². The summed E-state index contributed by atoms with van der Waals surface area (Å²) in [6.45, 7) is 10.0. The van der Waals surface area contributed by atoms with Gasteiger partial charge in [0.2, 0.25) is 0 Å². The van der Waals surface area contributed by atoms with E-state index >= 15 is 0 Å². The molecule has 3 nitrogen and oxygen atoms in total. The molecule has 0 amide bonds. The van der Waals surface area contributed by atoms with E-state index in [1.165, 1.54) is 0 Å². The van der Waals surface area contributed by atoms with Crippen LogP contribution in [-0.2, 0) is 9.53 Å². The zero-order valence-electron chi connectivity index (χ0n) is 14.9. The van der Waals surface area contributed by atoms with Gasteiger partial charge in [-0.25, -0.2) is 4.79 Å². The van der Waals surface area contributed by atoms with Gasteiger partial charge in [0.15, 0.2) is 0 Å². The van der Waals surface area contributed by atoms with Gasteiger partial charge < -0.3 is 9.47 Å². The second-order valence-electron chi connectivity index (χ2n) is 5.49. The summed E-state index contributed by atoms with van der Waals surface area (Å²) < 4.78 is 10.3. The van der Waals surface area contributed by atoms with Crippen LogP contribution in [0.15, 0.2) is 41.5 Å². The van der Waals surface area contributed by atoms with E-state index < -0.39 is 0 Å². The highest BCUT2D eigenvalue weighted by Crippen LogP contribution is 2.23. The topological polar surface area (TPSA) is 35.5 Å². The lowest BCUT2D eigenvalue weighted by Gasteiger charge is -2.08. The highest BCUT2D eigenvalue weighted by molar-refractivity contribution is 5.88. The largest absolute Gasteiger partial charge is 0.496 e. The standard InChI is InChI=1S/C20H26O3/c1-7-23-20(21)15(3)10-8-14(2)9-11-18-12-17(5)19(22-6)13-16(18)4/h8-13H,7H2,1-6H3/b11-9+,14-8+,15-10+. The van der Waals surface area contributed by atoms with Crippen molar-refractivity contribution in [2.75, 3.05) is 13.7 Å². The molecule has 0 atom stereocenters. The molecule has 1 rings (SSSR count). The lowest BCUT2D eigenvalue weighted by Crippen LogP contribution is -2.04. The molecule has 0 aromatic heterocycles. The summed E-state index contributed by atoms with van der Waals surface area (Å²) in [5.41, 5.74) is 5.08. The van der Waals surface area contributed by atoms with E-state index in [4.69, 9.17) is 9.47 Å². The summed E-state index contributed by atoms with van der Waals surface area (Å²) in [7, 11) is 1.68. The van der Waals surface area contributed by atoms with Crippen molar-refractivity contribution in [2.24, 2.45) is 0 Å². The zero-order chi connectivity index (χ0) is 17.4. The molecule has 124 valence electrons. The smallest absolute Gasteiger partial charge is 0.333 e. The highest BCUT2D eigenvalue weighted by Gasteiger charge is 2.03. The third-order valence-corrected chi connectivity index (χ3v) is 3.50. The second-order valence-corrected chi connectivity index (χ2v) is 5.49. The van der Waals surface area contributed by atoms with Crippen molar-refractivity contribution in [1.82, 2.24) is 0 Å². The molecule has 0 unspecified atom stereocenters. The third kappa shape index (κ3) is 5.78. The Kier molecular flexibility index (Phi) is 7.33. The number of rotatable bonds is 6. The molecule has 0 N–H and O–H groups in total. The summed E-state index contributed by atoms with van der Waals surface area (Å²) in [5, 5.41) is 0. The summed E-state index contributed by atoms with van der Waals surface area (Å²) in [4.78, 5) is 11.5. The van der Waals surface area contributed by atoms with Gasteiger partial charge in [0.1, 0.15) is 5.75 Å². The molecule has 23 heavy (non-hydrogen) atoms. The Labute approximate surface area is 139 Å². The maximum absolute atomic E-state index is 11.5. The number of methoxy groups -OCH3 is 1. The van der Waals surface area contributed by atoms with Crippen LogP contribution in [0, 0.1) is 13.8 Å². The summed E-state index contributed by atoms with van der Waals surface area (Å²) in [5.74, 6) is 0.627. The molecular formula is C20H26O3. The lowest BCUT2D eigenvalue weighted by molar-refractivity contribution is -0.138. The van der Waals surface area contributed by atoms with E-state index in [-0.39, 0.29) is 5.97 Å². The van der Waals surface area contributed by atoms with Crippen LogP contribution in [0.4, 0.5) is 0 Å². The van der Waals surface area contributed by atoms with Crippen molar-refractivity contribution < 1.29 is 14.3 Å². The Balaban J connectivity index is 2.88. The van der Waals surface area contributed by atoms with Crippen molar-refractivity contribution in [2.45, 2.75) is 34.6 Å². The van der Waals surface area contributed by atoms with Gasteiger partial charge >= 0.3 is 5.97 Å². The molecule has 0 radical (unpaired) electrons. The Morgan fingerprint density at radius 3 is 2.43 bits per heavy atom. The maximum atomic E-state index is 11.5. The van der Waals surface area contributed by atoms with Crippen LogP contribution in [0.3, 0.4) is 0 Å². The number of hydrogen-bond acceptors (Lipinski definition) is 3. The normalized spacial score (nSPS) is 12.6. The minimum absolute atomic E-state index is 0.276. The number of esters is 1. The van der Waals surface area contributed by atoms with Crippen molar-refractivity contribution >= 4 is 12.0 Å². The Morgan fingerprint density at radius 1 is 1.13 bits per heavy atom. The van der Waals surface area contributed by atoms with E-state index in [2.05, 4.69) is 19.1 Å². The SMILES string of the molecule is CCOC(=O)/C(C)=C/C=C(C)/C=C/c1cc(C)c(OC)cc1C. The summed E-state index contributed by atoms with van der Waals surface area (Å²) in [6.07, 6.45) is 7.79. The van der Waals surface area contributed by atoms with Crippen molar-refractivity contribution in [3.8, 4) is 5.75 Å². The molecule has 0 fully saturated rings. The molecule has 3 heteroatoms. The number of carbonyl (C=O) groups excluding carboxylic acids is 1. The number of aryl methyl sites for hydroxylation is 2. The van der Waals surface area contributed by atoms with Crippen molar-refractivity contribution in [3.63, 3.8) is 0 Å². The number of carbonyl (C=O) groups is 1. The minimum atomic E-state index is -0.276. The molecule has 1 aromatic carbocycles. The van der Waals surface area contributed by atoms with E-state index in [0.717, 1.165) is 28.0 Å². The third-order valence-electron chi connectivity index (χ3n) is 3.50. The molecule has 0 saturated carbocycles. The van der Waals surface area contributed by atoms with Crippen LogP contribution in [0.25, 0.3) is 6.08 Å². The zero-order valence-corrected chi connectivity index (χ0v) is 14.9. The van der Waals surface area contributed by atoms with Crippen LogP contribution in [-0.4, -0.2) is 19.7 Å². The fourth-order valence-electron chi connectivity index (χ4n) is 2.06. The first kappa shape index (κ1) is 18.8. The molecule has 0 aliphatic heterocycles. The van der Waals surface area contributed by atoms with Gasteiger partial charge in [-0.1, -0.05) is 29.9 Å². The average Bonchev–Trinajstić information content (AvgIpc) is 2.53. The van der Waals surface area contributed by atoms with Gasteiger partial charge in [-0.15, -0.1) is 0 Å².